The molecule has 126 valence electrons. The van der Waals surface area contributed by atoms with E-state index in [-0.39, 0.29) is 11.7 Å². The Hall–Kier alpha value is -1.53. The first-order valence-electron chi connectivity index (χ1n) is 8.23. The lowest BCUT2D eigenvalue weighted by Gasteiger charge is -2.54. The quantitative estimate of drug-likeness (QED) is 0.908. The molecule has 0 radical (unpaired) electrons. The zero-order valence-electron chi connectivity index (χ0n) is 12.9. The highest BCUT2D eigenvalue weighted by Gasteiger charge is 2.48. The van der Waals surface area contributed by atoms with Gasteiger partial charge in [-0.25, -0.2) is 0 Å². The number of nitrogens with zero attached hydrogens (tertiary/aromatic N) is 2. The number of aryl methyl sites for hydroxylation is 1. The second-order valence-electron chi connectivity index (χ2n) is 7.47. The monoisotopic (exact) mass is 327 g/mol. The molecule has 1 aromatic heterocycles. The van der Waals surface area contributed by atoms with Crippen molar-refractivity contribution in [1.82, 2.24) is 15.1 Å². The van der Waals surface area contributed by atoms with E-state index in [1.54, 1.807) is 0 Å². The van der Waals surface area contributed by atoms with Crippen molar-refractivity contribution in [1.29, 1.82) is 0 Å². The van der Waals surface area contributed by atoms with Gasteiger partial charge in [0.2, 0.25) is 0 Å². The first kappa shape index (κ1) is 15.0. The number of alkyl halides is 3. The van der Waals surface area contributed by atoms with Crippen LogP contribution in [0.15, 0.2) is 6.07 Å². The minimum atomic E-state index is -4.53. The van der Waals surface area contributed by atoms with Gasteiger partial charge in [-0.3, -0.25) is 9.48 Å². The Morgan fingerprint density at radius 3 is 2.22 bits per heavy atom. The summed E-state index contributed by atoms with van der Waals surface area (Å²) in [7, 11) is 1.38. The van der Waals surface area contributed by atoms with Crippen LogP contribution in [0.25, 0.3) is 0 Å². The van der Waals surface area contributed by atoms with Crippen molar-refractivity contribution in [3.05, 3.63) is 17.5 Å². The van der Waals surface area contributed by atoms with Gasteiger partial charge in [-0.2, -0.15) is 18.3 Å². The van der Waals surface area contributed by atoms with Gasteiger partial charge in [0.1, 0.15) is 5.69 Å². The molecule has 0 saturated heterocycles. The normalized spacial score (nSPS) is 35.6. The number of rotatable bonds is 2. The van der Waals surface area contributed by atoms with Crippen LogP contribution in [0.3, 0.4) is 0 Å². The summed E-state index contributed by atoms with van der Waals surface area (Å²) in [4.78, 5) is 12.5. The minimum Gasteiger partial charge on any atom is -0.347 e. The van der Waals surface area contributed by atoms with Crippen LogP contribution in [0.2, 0.25) is 0 Å². The number of nitrogens with one attached hydrogen (secondary N) is 1. The summed E-state index contributed by atoms with van der Waals surface area (Å²) in [5, 5.41) is 6.43. The zero-order valence-corrected chi connectivity index (χ0v) is 12.9. The summed E-state index contributed by atoms with van der Waals surface area (Å²) in [6.45, 7) is 0. The molecule has 0 aliphatic heterocycles. The topological polar surface area (TPSA) is 46.9 Å². The van der Waals surface area contributed by atoms with Gasteiger partial charge in [0.05, 0.1) is 0 Å². The third-order valence-corrected chi connectivity index (χ3v) is 5.93. The number of hydrogen-bond donors (Lipinski definition) is 1. The molecule has 4 bridgehead atoms. The van der Waals surface area contributed by atoms with Crippen LogP contribution in [-0.4, -0.2) is 21.7 Å². The van der Waals surface area contributed by atoms with Gasteiger partial charge in [-0.15, -0.1) is 0 Å². The van der Waals surface area contributed by atoms with E-state index in [2.05, 4.69) is 10.4 Å². The van der Waals surface area contributed by atoms with Gasteiger partial charge in [-0.1, -0.05) is 0 Å². The maximum atomic E-state index is 12.7. The summed E-state index contributed by atoms with van der Waals surface area (Å²) < 4.78 is 39.2. The Kier molecular flexibility index (Phi) is 3.25. The van der Waals surface area contributed by atoms with Crippen LogP contribution in [0.1, 0.15) is 48.3 Å². The van der Waals surface area contributed by atoms with Crippen LogP contribution in [-0.2, 0) is 13.2 Å². The van der Waals surface area contributed by atoms with Crippen LogP contribution < -0.4 is 5.32 Å². The Labute approximate surface area is 132 Å². The minimum absolute atomic E-state index is 0.0221. The van der Waals surface area contributed by atoms with E-state index in [0.717, 1.165) is 48.3 Å². The van der Waals surface area contributed by atoms with Crippen molar-refractivity contribution in [3.8, 4) is 0 Å². The fraction of sp³-hybridized carbons (Fsp3) is 0.750. The van der Waals surface area contributed by atoms with Crippen molar-refractivity contribution in [2.75, 3.05) is 0 Å². The maximum absolute atomic E-state index is 12.7. The third-order valence-electron chi connectivity index (χ3n) is 5.93. The average molecular weight is 327 g/mol. The highest BCUT2D eigenvalue weighted by Crippen LogP contribution is 2.53. The van der Waals surface area contributed by atoms with Gasteiger partial charge >= 0.3 is 6.18 Å². The Balaban J connectivity index is 1.51. The molecule has 23 heavy (non-hydrogen) atoms. The van der Waals surface area contributed by atoms with Gasteiger partial charge < -0.3 is 5.32 Å². The molecule has 4 fully saturated rings. The van der Waals surface area contributed by atoms with Gasteiger partial charge in [0.25, 0.3) is 5.91 Å². The van der Waals surface area contributed by atoms with Crippen molar-refractivity contribution >= 4 is 5.91 Å². The van der Waals surface area contributed by atoms with E-state index in [0.29, 0.717) is 11.8 Å². The standard InChI is InChI=1S/C16H20F3N3O/c1-22-12(7-13(21-22)16(17,18)19)15(23)20-14-10-3-8-2-9(5-10)6-11(14)4-8/h7-11,14H,2-6H2,1H3,(H,20,23). The first-order chi connectivity index (χ1) is 10.8. The molecule has 0 spiro atoms. The smallest absolute Gasteiger partial charge is 0.347 e. The molecule has 1 amide bonds. The summed E-state index contributed by atoms with van der Waals surface area (Å²) in [5.74, 6) is 2.13. The fourth-order valence-electron chi connectivity index (χ4n) is 5.20. The zero-order chi connectivity index (χ0) is 16.4. The van der Waals surface area contributed by atoms with Gasteiger partial charge in [0.15, 0.2) is 5.69 Å². The highest BCUT2D eigenvalue weighted by molar-refractivity contribution is 5.93. The molecule has 0 atom stereocenters. The molecule has 4 nitrogen and oxygen atoms in total. The molecule has 7 heteroatoms. The Bertz CT molecular complexity index is 609. The molecule has 1 heterocycles. The molecule has 0 aromatic carbocycles. The van der Waals surface area contributed by atoms with Crippen LogP contribution in [0.5, 0.6) is 0 Å². The molecule has 0 unspecified atom stereocenters. The Morgan fingerprint density at radius 1 is 1.17 bits per heavy atom. The number of carbonyl (C=O) groups excluding carboxylic acids is 1. The summed E-state index contributed by atoms with van der Waals surface area (Å²) in [6.07, 6.45) is 1.39. The first-order valence-corrected chi connectivity index (χ1v) is 8.23. The molecule has 5 rings (SSSR count). The third kappa shape index (κ3) is 2.54. The molecule has 4 saturated carbocycles. The predicted molar refractivity (Wildman–Crippen MR) is 76.5 cm³/mol. The molecular weight excluding hydrogens is 307 g/mol. The number of carbonyl (C=O) groups is 1. The maximum Gasteiger partial charge on any atom is 0.435 e. The number of amides is 1. The lowest BCUT2D eigenvalue weighted by Crippen LogP contribution is -2.56. The second kappa shape index (κ2) is 4.98. The lowest BCUT2D eigenvalue weighted by molar-refractivity contribution is -0.141. The van der Waals surface area contributed by atoms with E-state index >= 15 is 0 Å². The van der Waals surface area contributed by atoms with Crippen molar-refractivity contribution < 1.29 is 18.0 Å². The van der Waals surface area contributed by atoms with Crippen molar-refractivity contribution in [2.24, 2.45) is 30.7 Å². The highest BCUT2D eigenvalue weighted by atomic mass is 19.4. The SMILES string of the molecule is Cn1nc(C(F)(F)F)cc1C(=O)NC1C2CC3CC(C2)CC1C3. The molecular formula is C16H20F3N3O. The van der Waals surface area contributed by atoms with Crippen molar-refractivity contribution in [2.45, 2.75) is 44.3 Å². The Morgan fingerprint density at radius 2 is 1.74 bits per heavy atom. The molecule has 4 aliphatic carbocycles. The van der Waals surface area contributed by atoms with Crippen LogP contribution >= 0.6 is 0 Å². The molecule has 4 aliphatic rings. The molecule has 1 aromatic rings. The predicted octanol–water partition coefficient (Wildman–Crippen LogP) is 2.99. The van der Waals surface area contributed by atoms with Crippen LogP contribution in [0, 0.1) is 23.7 Å². The number of hydrogen-bond acceptors (Lipinski definition) is 2. The summed E-state index contributed by atoms with van der Waals surface area (Å²) in [6, 6.07) is 0.949. The number of halogens is 3. The van der Waals surface area contributed by atoms with E-state index in [4.69, 9.17) is 0 Å². The summed E-state index contributed by atoms with van der Waals surface area (Å²) in [5.41, 5.74) is -1.04. The van der Waals surface area contributed by atoms with Gasteiger partial charge in [-0.05, 0) is 55.8 Å². The van der Waals surface area contributed by atoms with E-state index in [1.165, 1.54) is 13.5 Å². The lowest BCUT2D eigenvalue weighted by atomic mass is 9.54. The van der Waals surface area contributed by atoms with Crippen LogP contribution in [0.4, 0.5) is 13.2 Å². The number of aromatic nitrogens is 2. The van der Waals surface area contributed by atoms with E-state index in [1.807, 2.05) is 0 Å². The second-order valence-corrected chi connectivity index (χ2v) is 7.47. The van der Waals surface area contributed by atoms with Crippen molar-refractivity contribution in [3.63, 3.8) is 0 Å². The average Bonchev–Trinajstić information content (AvgIpc) is 2.84. The van der Waals surface area contributed by atoms with Gasteiger partial charge in [0, 0.05) is 19.2 Å². The van der Waals surface area contributed by atoms with E-state index < -0.39 is 17.8 Å². The van der Waals surface area contributed by atoms with E-state index in [9.17, 15) is 18.0 Å². The fourth-order valence-corrected chi connectivity index (χ4v) is 5.20. The summed E-state index contributed by atoms with van der Waals surface area (Å²) >= 11 is 0. The largest absolute Gasteiger partial charge is 0.435 e. The molecule has 1 N–H and O–H groups in total.